The van der Waals surface area contributed by atoms with Crippen molar-refractivity contribution in [2.45, 2.75) is 25.7 Å². The van der Waals surface area contributed by atoms with Gasteiger partial charge in [0.25, 0.3) is 0 Å². The summed E-state index contributed by atoms with van der Waals surface area (Å²) < 4.78 is 11.7. The van der Waals surface area contributed by atoms with Crippen LogP contribution >= 0.6 is 22.7 Å². The van der Waals surface area contributed by atoms with Gasteiger partial charge in [0, 0.05) is 17.0 Å². The van der Waals surface area contributed by atoms with Crippen molar-refractivity contribution in [3.8, 4) is 11.5 Å². The van der Waals surface area contributed by atoms with Gasteiger partial charge in [0.1, 0.15) is 0 Å². The highest BCUT2D eigenvalue weighted by Crippen LogP contribution is 2.38. The lowest BCUT2D eigenvalue weighted by molar-refractivity contribution is 0.356. The number of benzene rings is 1. The maximum absolute atomic E-state index is 5.35. The van der Waals surface area contributed by atoms with E-state index in [-0.39, 0.29) is 0 Å². The molecule has 1 aliphatic carbocycles. The number of anilines is 2. The van der Waals surface area contributed by atoms with Gasteiger partial charge in [0.2, 0.25) is 0 Å². The summed E-state index contributed by atoms with van der Waals surface area (Å²) >= 11 is 3.35. The van der Waals surface area contributed by atoms with Gasteiger partial charge in [-0.05, 0) is 25.7 Å². The standard InChI is InChI=1S/C16H17N3O2S2/c1-20-11-7-10-14(8-12(11)21-2)23-16(18-10)19-15-17-9-5-3-4-6-13(9)22-15/h7-8H,3-6H2,1-2H3,(H,17,18,19). The Labute approximate surface area is 142 Å². The van der Waals surface area contributed by atoms with Gasteiger partial charge in [-0.3, -0.25) is 0 Å². The summed E-state index contributed by atoms with van der Waals surface area (Å²) in [7, 11) is 3.28. The van der Waals surface area contributed by atoms with E-state index in [0.717, 1.165) is 39.1 Å². The van der Waals surface area contributed by atoms with Gasteiger partial charge in [-0.1, -0.05) is 11.3 Å². The second-order valence-corrected chi connectivity index (χ2v) is 7.53. The molecule has 0 aliphatic heterocycles. The van der Waals surface area contributed by atoms with Crippen LogP contribution in [0.4, 0.5) is 10.3 Å². The van der Waals surface area contributed by atoms with Gasteiger partial charge in [-0.2, -0.15) is 0 Å². The van der Waals surface area contributed by atoms with Crippen LogP contribution in [-0.2, 0) is 12.8 Å². The van der Waals surface area contributed by atoms with Crippen LogP contribution in [-0.4, -0.2) is 24.2 Å². The van der Waals surface area contributed by atoms with Gasteiger partial charge in [0.05, 0.1) is 30.1 Å². The molecule has 0 amide bonds. The van der Waals surface area contributed by atoms with E-state index in [9.17, 15) is 0 Å². The molecule has 0 saturated heterocycles. The zero-order chi connectivity index (χ0) is 15.8. The number of aryl methyl sites for hydroxylation is 2. The van der Waals surface area contributed by atoms with Crippen molar-refractivity contribution in [3.05, 3.63) is 22.7 Å². The Balaban J connectivity index is 1.65. The first-order valence-electron chi connectivity index (χ1n) is 7.55. The summed E-state index contributed by atoms with van der Waals surface area (Å²) in [6.45, 7) is 0. The predicted molar refractivity (Wildman–Crippen MR) is 94.8 cm³/mol. The van der Waals surface area contributed by atoms with Crippen LogP contribution < -0.4 is 14.8 Å². The Hall–Kier alpha value is -1.86. The molecule has 0 spiro atoms. The third kappa shape index (κ3) is 2.74. The number of fused-ring (bicyclic) bond motifs is 2. The number of ether oxygens (including phenoxy) is 2. The van der Waals surface area contributed by atoms with E-state index >= 15 is 0 Å². The van der Waals surface area contributed by atoms with Crippen molar-refractivity contribution in [1.29, 1.82) is 0 Å². The first-order chi connectivity index (χ1) is 11.3. The third-order valence-electron chi connectivity index (χ3n) is 3.95. The zero-order valence-electron chi connectivity index (χ0n) is 13.0. The molecule has 0 atom stereocenters. The van der Waals surface area contributed by atoms with Gasteiger partial charge in [-0.25, -0.2) is 9.97 Å². The first-order valence-corrected chi connectivity index (χ1v) is 9.18. The van der Waals surface area contributed by atoms with Crippen molar-refractivity contribution in [3.63, 3.8) is 0 Å². The lowest BCUT2D eigenvalue weighted by atomic mass is 10.0. The van der Waals surface area contributed by atoms with Gasteiger partial charge >= 0.3 is 0 Å². The molecule has 120 valence electrons. The predicted octanol–water partition coefficient (Wildman–Crippen LogP) is 4.39. The molecular formula is C16H17N3O2S2. The topological polar surface area (TPSA) is 56.3 Å². The molecule has 23 heavy (non-hydrogen) atoms. The lowest BCUT2D eigenvalue weighted by Crippen LogP contribution is -1.99. The van der Waals surface area contributed by atoms with Crippen LogP contribution in [0.15, 0.2) is 12.1 Å². The molecule has 0 unspecified atom stereocenters. The number of rotatable bonds is 4. The highest BCUT2D eigenvalue weighted by molar-refractivity contribution is 7.22. The minimum Gasteiger partial charge on any atom is -0.493 e. The summed E-state index contributed by atoms with van der Waals surface area (Å²) in [5.74, 6) is 1.42. The molecule has 0 saturated carbocycles. The zero-order valence-corrected chi connectivity index (χ0v) is 14.6. The second-order valence-electron chi connectivity index (χ2n) is 5.41. The molecule has 3 aromatic rings. The summed E-state index contributed by atoms with van der Waals surface area (Å²) in [6, 6.07) is 3.87. The maximum Gasteiger partial charge on any atom is 0.190 e. The van der Waals surface area contributed by atoms with E-state index in [2.05, 4.69) is 10.3 Å². The minimum absolute atomic E-state index is 0.696. The van der Waals surface area contributed by atoms with Crippen molar-refractivity contribution >= 4 is 43.2 Å². The average molecular weight is 347 g/mol. The Morgan fingerprint density at radius 2 is 1.70 bits per heavy atom. The SMILES string of the molecule is COc1cc2nc(Nc3nc4c(s3)CCCC4)sc2cc1OC. The number of methoxy groups -OCH3 is 2. The number of nitrogens with one attached hydrogen (secondary N) is 1. The van der Waals surface area contributed by atoms with Crippen molar-refractivity contribution < 1.29 is 9.47 Å². The first kappa shape index (κ1) is 14.7. The number of hydrogen-bond acceptors (Lipinski definition) is 7. The molecule has 1 aromatic carbocycles. The van der Waals surface area contributed by atoms with Crippen LogP contribution in [0.3, 0.4) is 0 Å². The van der Waals surface area contributed by atoms with Gasteiger partial charge in [0.15, 0.2) is 21.8 Å². The molecule has 0 fully saturated rings. The number of thiazole rings is 2. The van der Waals surface area contributed by atoms with Gasteiger partial charge in [-0.15, -0.1) is 11.3 Å². The monoisotopic (exact) mass is 347 g/mol. The molecule has 1 N–H and O–H groups in total. The fourth-order valence-corrected chi connectivity index (χ4v) is 4.79. The number of nitrogens with zero attached hydrogens (tertiary/aromatic N) is 2. The van der Waals surface area contributed by atoms with Crippen LogP contribution in [0.5, 0.6) is 11.5 Å². The quantitative estimate of drug-likeness (QED) is 0.758. The second kappa shape index (κ2) is 5.98. The molecule has 4 rings (SSSR count). The van der Waals surface area contributed by atoms with Crippen molar-refractivity contribution in [2.24, 2.45) is 0 Å². The lowest BCUT2D eigenvalue weighted by Gasteiger charge is -2.06. The van der Waals surface area contributed by atoms with Crippen molar-refractivity contribution in [2.75, 3.05) is 19.5 Å². The number of aromatic nitrogens is 2. The maximum atomic E-state index is 5.35. The molecule has 2 heterocycles. The normalized spacial score (nSPS) is 13.8. The Morgan fingerprint density at radius 1 is 0.957 bits per heavy atom. The highest BCUT2D eigenvalue weighted by atomic mass is 32.1. The minimum atomic E-state index is 0.696. The molecule has 1 aliphatic rings. The van der Waals surface area contributed by atoms with Crippen LogP contribution in [0.25, 0.3) is 10.2 Å². The van der Waals surface area contributed by atoms with E-state index in [4.69, 9.17) is 14.5 Å². The van der Waals surface area contributed by atoms with Crippen LogP contribution in [0.2, 0.25) is 0 Å². The van der Waals surface area contributed by atoms with Gasteiger partial charge < -0.3 is 14.8 Å². The Morgan fingerprint density at radius 3 is 2.48 bits per heavy atom. The van der Waals surface area contributed by atoms with Crippen LogP contribution in [0, 0.1) is 0 Å². The fraction of sp³-hybridized carbons (Fsp3) is 0.375. The third-order valence-corrected chi connectivity index (χ3v) is 5.96. The fourth-order valence-electron chi connectivity index (χ4n) is 2.81. The van der Waals surface area contributed by atoms with Crippen molar-refractivity contribution in [1.82, 2.24) is 9.97 Å². The Kier molecular flexibility index (Phi) is 3.82. The van der Waals surface area contributed by atoms with E-state index in [1.54, 1.807) is 36.9 Å². The number of hydrogen-bond donors (Lipinski definition) is 1. The van der Waals surface area contributed by atoms with E-state index < -0.39 is 0 Å². The van der Waals surface area contributed by atoms with E-state index in [1.165, 1.54) is 23.4 Å². The Bertz CT molecular complexity index is 792. The summed E-state index contributed by atoms with van der Waals surface area (Å²) in [5, 5.41) is 5.15. The average Bonchev–Trinajstić information content (AvgIpc) is 3.15. The molecule has 7 heteroatoms. The summed E-state index contributed by atoms with van der Waals surface area (Å²) in [4.78, 5) is 10.8. The molecule has 0 radical (unpaired) electrons. The van der Waals surface area contributed by atoms with Crippen LogP contribution in [0.1, 0.15) is 23.4 Å². The van der Waals surface area contributed by atoms with E-state index in [1.807, 2.05) is 12.1 Å². The molecule has 2 aromatic heterocycles. The molecular weight excluding hydrogens is 330 g/mol. The van der Waals surface area contributed by atoms with E-state index in [0.29, 0.717) is 5.75 Å². The highest BCUT2D eigenvalue weighted by Gasteiger charge is 2.16. The molecule has 5 nitrogen and oxygen atoms in total. The largest absolute Gasteiger partial charge is 0.493 e. The summed E-state index contributed by atoms with van der Waals surface area (Å²) in [5.41, 5.74) is 2.16. The smallest absolute Gasteiger partial charge is 0.190 e. The molecule has 0 bridgehead atoms. The summed E-state index contributed by atoms with van der Waals surface area (Å²) in [6.07, 6.45) is 4.77.